The van der Waals surface area contributed by atoms with Crippen molar-refractivity contribution < 1.29 is 9.21 Å². The first-order valence-corrected chi connectivity index (χ1v) is 8.39. The standard InChI is InChI=1S/C18H21N5O2/c1-18(2,3)17-22-13-8-11(4-5-15(13)25-17)21-16(24)12-9-20-23-7-6-19-10-14(12)23/h4-5,8-9,19H,6-7,10H2,1-3H3,(H,21,24). The topological polar surface area (TPSA) is 85.0 Å². The molecule has 0 saturated carbocycles. The predicted octanol–water partition coefficient (Wildman–Crippen LogP) is 2.68. The van der Waals surface area contributed by atoms with Crippen LogP contribution in [0, 0.1) is 0 Å². The molecule has 0 atom stereocenters. The van der Waals surface area contributed by atoms with Gasteiger partial charge < -0.3 is 15.1 Å². The fourth-order valence-corrected chi connectivity index (χ4v) is 2.90. The van der Waals surface area contributed by atoms with Crippen LogP contribution in [0.1, 0.15) is 42.7 Å². The van der Waals surface area contributed by atoms with Crippen molar-refractivity contribution in [2.24, 2.45) is 0 Å². The minimum atomic E-state index is -0.163. The summed E-state index contributed by atoms with van der Waals surface area (Å²) in [4.78, 5) is 17.2. The molecule has 0 spiro atoms. The lowest BCUT2D eigenvalue weighted by molar-refractivity contribution is 0.102. The third-order valence-corrected chi connectivity index (χ3v) is 4.27. The van der Waals surface area contributed by atoms with Gasteiger partial charge in [-0.15, -0.1) is 0 Å². The second kappa shape index (κ2) is 5.70. The molecular weight excluding hydrogens is 318 g/mol. The quantitative estimate of drug-likeness (QED) is 0.750. The average molecular weight is 339 g/mol. The van der Waals surface area contributed by atoms with Gasteiger partial charge in [-0.1, -0.05) is 20.8 Å². The molecule has 3 heterocycles. The Morgan fingerprint density at radius 3 is 3.00 bits per heavy atom. The van der Waals surface area contributed by atoms with E-state index in [0.29, 0.717) is 23.7 Å². The Balaban J connectivity index is 1.60. The van der Waals surface area contributed by atoms with Crippen LogP contribution in [0.3, 0.4) is 0 Å². The smallest absolute Gasteiger partial charge is 0.259 e. The van der Waals surface area contributed by atoms with Crippen LogP contribution in [0.4, 0.5) is 5.69 Å². The lowest BCUT2D eigenvalue weighted by Gasteiger charge is -2.16. The van der Waals surface area contributed by atoms with E-state index in [0.717, 1.165) is 29.9 Å². The number of amides is 1. The van der Waals surface area contributed by atoms with E-state index in [-0.39, 0.29) is 11.3 Å². The van der Waals surface area contributed by atoms with Crippen molar-refractivity contribution in [2.45, 2.75) is 39.3 Å². The molecule has 0 saturated heterocycles. The highest BCUT2D eigenvalue weighted by Crippen LogP contribution is 2.27. The second-order valence-electron chi connectivity index (χ2n) is 7.31. The average Bonchev–Trinajstić information content (AvgIpc) is 3.18. The molecule has 3 aromatic rings. The number of nitrogens with zero attached hydrogens (tertiary/aromatic N) is 3. The molecule has 4 rings (SSSR count). The maximum atomic E-state index is 12.6. The Bertz CT molecular complexity index is 948. The summed E-state index contributed by atoms with van der Waals surface area (Å²) >= 11 is 0. The molecule has 1 aromatic carbocycles. The van der Waals surface area contributed by atoms with Gasteiger partial charge in [0.25, 0.3) is 5.91 Å². The van der Waals surface area contributed by atoms with Crippen LogP contribution in [0.2, 0.25) is 0 Å². The van der Waals surface area contributed by atoms with Crippen molar-refractivity contribution in [3.63, 3.8) is 0 Å². The number of benzene rings is 1. The number of aromatic nitrogens is 3. The van der Waals surface area contributed by atoms with E-state index in [9.17, 15) is 4.79 Å². The largest absolute Gasteiger partial charge is 0.440 e. The van der Waals surface area contributed by atoms with Gasteiger partial charge in [-0.3, -0.25) is 9.48 Å². The second-order valence-corrected chi connectivity index (χ2v) is 7.31. The first-order chi connectivity index (χ1) is 11.9. The summed E-state index contributed by atoms with van der Waals surface area (Å²) in [6.45, 7) is 8.46. The van der Waals surface area contributed by atoms with Gasteiger partial charge in [-0.05, 0) is 18.2 Å². The van der Waals surface area contributed by atoms with Gasteiger partial charge in [0.2, 0.25) is 5.89 Å². The number of nitrogens with one attached hydrogen (secondary N) is 2. The zero-order chi connectivity index (χ0) is 17.6. The van der Waals surface area contributed by atoms with Crippen LogP contribution in [0.25, 0.3) is 11.1 Å². The third kappa shape index (κ3) is 2.91. The fourth-order valence-electron chi connectivity index (χ4n) is 2.90. The van der Waals surface area contributed by atoms with Crippen molar-refractivity contribution >= 4 is 22.7 Å². The monoisotopic (exact) mass is 339 g/mol. The molecule has 0 unspecified atom stereocenters. The molecule has 1 aliphatic heterocycles. The molecular formula is C18H21N5O2. The molecule has 7 heteroatoms. The Morgan fingerprint density at radius 2 is 2.20 bits per heavy atom. The number of oxazole rings is 1. The fraction of sp³-hybridized carbons (Fsp3) is 0.389. The van der Waals surface area contributed by atoms with Crippen molar-refractivity contribution in [1.29, 1.82) is 0 Å². The van der Waals surface area contributed by atoms with E-state index < -0.39 is 0 Å². The van der Waals surface area contributed by atoms with Crippen molar-refractivity contribution in [3.8, 4) is 0 Å². The van der Waals surface area contributed by atoms with Crippen LogP contribution in [0.15, 0.2) is 28.8 Å². The SMILES string of the molecule is CC(C)(C)c1nc2cc(NC(=O)c3cnn4c3CNCC4)ccc2o1. The van der Waals surface area contributed by atoms with Crippen LogP contribution < -0.4 is 10.6 Å². The normalized spacial score (nSPS) is 14.5. The van der Waals surface area contributed by atoms with Crippen LogP contribution in [-0.4, -0.2) is 27.2 Å². The summed E-state index contributed by atoms with van der Waals surface area (Å²) in [6.07, 6.45) is 1.63. The lowest BCUT2D eigenvalue weighted by Crippen LogP contribution is -2.30. The van der Waals surface area contributed by atoms with E-state index in [4.69, 9.17) is 4.42 Å². The van der Waals surface area contributed by atoms with E-state index >= 15 is 0 Å². The van der Waals surface area contributed by atoms with Gasteiger partial charge in [0.05, 0.1) is 24.0 Å². The number of carbonyl (C=O) groups is 1. The van der Waals surface area contributed by atoms with Gasteiger partial charge >= 0.3 is 0 Å². The Morgan fingerprint density at radius 1 is 1.36 bits per heavy atom. The molecule has 2 N–H and O–H groups in total. The molecule has 130 valence electrons. The number of anilines is 1. The third-order valence-electron chi connectivity index (χ3n) is 4.27. The molecule has 1 amide bonds. The zero-order valence-electron chi connectivity index (χ0n) is 14.6. The number of hydrogen-bond donors (Lipinski definition) is 2. The van der Waals surface area contributed by atoms with Crippen molar-refractivity contribution in [1.82, 2.24) is 20.1 Å². The lowest BCUT2D eigenvalue weighted by atomic mass is 9.97. The van der Waals surface area contributed by atoms with Crippen molar-refractivity contribution in [2.75, 3.05) is 11.9 Å². The first-order valence-electron chi connectivity index (χ1n) is 8.39. The first kappa shape index (κ1) is 15.8. The number of rotatable bonds is 2. The number of carbonyl (C=O) groups excluding carboxylic acids is 1. The highest BCUT2D eigenvalue weighted by molar-refractivity contribution is 6.05. The maximum absolute atomic E-state index is 12.6. The van der Waals surface area contributed by atoms with Gasteiger partial charge in [-0.2, -0.15) is 5.10 Å². The zero-order valence-corrected chi connectivity index (χ0v) is 14.6. The molecule has 0 radical (unpaired) electrons. The Hall–Kier alpha value is -2.67. The summed E-state index contributed by atoms with van der Waals surface area (Å²) in [7, 11) is 0. The van der Waals surface area contributed by atoms with Crippen LogP contribution in [-0.2, 0) is 18.5 Å². The molecule has 0 aliphatic carbocycles. The van der Waals surface area contributed by atoms with Gasteiger partial charge in [-0.25, -0.2) is 4.98 Å². The van der Waals surface area contributed by atoms with Gasteiger partial charge in [0.1, 0.15) is 5.52 Å². The summed E-state index contributed by atoms with van der Waals surface area (Å²) in [5.41, 5.74) is 3.50. The molecule has 2 aromatic heterocycles. The predicted molar refractivity (Wildman–Crippen MR) is 94.6 cm³/mol. The van der Waals surface area contributed by atoms with E-state index in [1.54, 1.807) is 6.20 Å². The van der Waals surface area contributed by atoms with Crippen molar-refractivity contribution in [3.05, 3.63) is 41.5 Å². The maximum Gasteiger partial charge on any atom is 0.259 e. The van der Waals surface area contributed by atoms with E-state index in [1.807, 2.05) is 22.9 Å². The van der Waals surface area contributed by atoms with Crippen LogP contribution >= 0.6 is 0 Å². The Labute approximate surface area is 145 Å². The highest BCUT2D eigenvalue weighted by atomic mass is 16.3. The Kier molecular flexibility index (Phi) is 3.61. The minimum absolute atomic E-state index is 0.160. The summed E-state index contributed by atoms with van der Waals surface area (Å²) < 4.78 is 7.67. The van der Waals surface area contributed by atoms with E-state index in [1.165, 1.54) is 0 Å². The molecule has 25 heavy (non-hydrogen) atoms. The summed E-state index contributed by atoms with van der Waals surface area (Å²) in [5, 5.41) is 10.5. The molecule has 1 aliphatic rings. The minimum Gasteiger partial charge on any atom is -0.440 e. The van der Waals surface area contributed by atoms with E-state index in [2.05, 4.69) is 41.5 Å². The summed E-state index contributed by atoms with van der Waals surface area (Å²) in [5.74, 6) is 0.520. The highest BCUT2D eigenvalue weighted by Gasteiger charge is 2.22. The van der Waals surface area contributed by atoms with Crippen LogP contribution in [0.5, 0.6) is 0 Å². The van der Waals surface area contributed by atoms with Gasteiger partial charge in [0.15, 0.2) is 5.58 Å². The molecule has 0 bridgehead atoms. The number of fused-ring (bicyclic) bond motifs is 2. The molecule has 0 fully saturated rings. The summed E-state index contributed by atoms with van der Waals surface area (Å²) in [6, 6.07) is 5.49. The van der Waals surface area contributed by atoms with Gasteiger partial charge in [0, 0.05) is 24.2 Å². The molecule has 7 nitrogen and oxygen atoms in total. The number of hydrogen-bond acceptors (Lipinski definition) is 5.